The summed E-state index contributed by atoms with van der Waals surface area (Å²) in [6, 6.07) is -5.33. The van der Waals surface area contributed by atoms with E-state index in [1.54, 1.807) is 0 Å². The van der Waals surface area contributed by atoms with Gasteiger partial charge in [0.2, 0.25) is 17.7 Å². The Balaban J connectivity index is 1.18. The van der Waals surface area contributed by atoms with E-state index in [0.29, 0.717) is 0 Å². The first-order valence-corrected chi connectivity index (χ1v) is 27.3. The summed E-state index contributed by atoms with van der Waals surface area (Å²) in [6.45, 7) is 0.713. The van der Waals surface area contributed by atoms with Crippen molar-refractivity contribution in [3.8, 4) is 0 Å². The van der Waals surface area contributed by atoms with Crippen molar-refractivity contribution in [3.63, 3.8) is 0 Å². The molecule has 0 aromatic heterocycles. The van der Waals surface area contributed by atoms with Gasteiger partial charge in [-0.3, -0.25) is 14.4 Å². The Labute approximate surface area is 483 Å². The monoisotopic (exact) mass is 1240 g/mol. The molecule has 0 spiro atoms. The van der Waals surface area contributed by atoms with Crippen molar-refractivity contribution in [2.45, 2.75) is 249 Å². The molecule has 0 aromatic rings. The van der Waals surface area contributed by atoms with Crippen LogP contribution in [0.5, 0.6) is 0 Å². The summed E-state index contributed by atoms with van der Waals surface area (Å²) in [5.41, 5.74) is 0. The lowest BCUT2D eigenvalue weighted by molar-refractivity contribution is -0.383. The second-order valence-electron chi connectivity index (χ2n) is 21.8. The number of aliphatic hydroxyl groups excluding tert-OH is 18. The molecule has 492 valence electrons. The highest BCUT2D eigenvalue weighted by molar-refractivity contribution is 5.74. The Morgan fingerprint density at radius 1 is 0.329 bits per heavy atom. The molecule has 0 aromatic carbocycles. The molecule has 35 atom stereocenters. The maximum absolute atomic E-state index is 13.2. The van der Waals surface area contributed by atoms with Crippen molar-refractivity contribution in [1.29, 1.82) is 0 Å². The molecule has 0 saturated carbocycles. The minimum absolute atomic E-state index is 0.825. The second kappa shape index (κ2) is 29.9. The zero-order valence-electron chi connectivity index (χ0n) is 46.3. The normalized spacial score (nSPS) is 49.8. The van der Waals surface area contributed by atoms with Crippen LogP contribution in [-0.4, -0.2) is 357 Å². The third kappa shape index (κ3) is 15.3. The third-order valence-corrected chi connectivity index (χ3v) is 15.7. The summed E-state index contributed by atoms with van der Waals surface area (Å²) in [6.07, 6.45) is -59.6. The molecule has 7 heterocycles. The zero-order valence-corrected chi connectivity index (χ0v) is 46.3. The number of carbonyl (C=O) groups excluding carboxylic acids is 3. The fourth-order valence-electron chi connectivity index (χ4n) is 11.0. The Hall–Kier alpha value is -2.83. The highest BCUT2D eigenvalue weighted by Gasteiger charge is 2.59. The van der Waals surface area contributed by atoms with Crippen LogP contribution in [0.3, 0.4) is 0 Å². The van der Waals surface area contributed by atoms with Crippen LogP contribution in [0.15, 0.2) is 0 Å². The quantitative estimate of drug-likeness (QED) is 0.0538. The summed E-state index contributed by atoms with van der Waals surface area (Å²) in [4.78, 5) is 38.8. The van der Waals surface area contributed by atoms with E-state index in [-0.39, 0.29) is 0 Å². The molecule has 37 heteroatoms. The standard InChI is InChI=1S/C48H81N3O34/c1-11-24(59)30(65)34(69)45(74-11)84-40-23(51-15(5)58)44(80-19(9-55)37(40)81-47-36(71)32(67)26(61)16(6-52)78-47)82-39-22(50-14(4)57)43(77-18(8-54)28(39)63)73-10-20-29(64)38(21(42(72)76-20)49-13(3)56)83-48-41(33(68)27(62)17(7-53)79-48)85-46-35(70)31(66)25(60)12(2)75-46/h11-12,16-48,52-55,59-72H,6-10H2,1-5H3,(H,49,56)(H,50,57)(H,51,58)/t11-,12-,16+,17+,18+,19+,20+,21+,22+,23+,24+,25+,26-,27-,28+,29-,30+,31+,32-,33-,34-,35-,36+,37+,38+,39+,40+,41+,42?,43+,44-,45-,46-,47-,48-/m0/s1. The lowest BCUT2D eigenvalue weighted by atomic mass is 9.93. The smallest absolute Gasteiger partial charge is 0.217 e. The SMILES string of the molecule is CC(=O)N[C@H]1[C@H](O[C@H]2[C@H](O)[C@@H](CO)O[C@@H](OC[C@H]3OC(O)[C@H](NC(C)=O)[C@@H](O[C@@H]4O[C@H](CO)[C@H](O)[C@H](O)[C@H]4O[C@@H]4O[C@@H](C)[C@@H](O)[C@@H](O)[C@@H]4O)[C@H]3O)[C@@H]2NC(C)=O)O[C@H](CO)[C@@H](O[C@@H]2O[C@H](CO)[C@H](O)[C@H](O)[C@H]2O)[C@@H]1O[C@@H]1O[C@@H](C)[C@@H](O)[C@@H](O)[C@@H]1O. The van der Waals surface area contributed by atoms with Gasteiger partial charge >= 0.3 is 0 Å². The third-order valence-electron chi connectivity index (χ3n) is 15.7. The average molecular weight is 1240 g/mol. The maximum Gasteiger partial charge on any atom is 0.217 e. The highest BCUT2D eigenvalue weighted by atomic mass is 16.8. The van der Waals surface area contributed by atoms with Crippen molar-refractivity contribution in [3.05, 3.63) is 0 Å². The van der Waals surface area contributed by atoms with Crippen LogP contribution >= 0.6 is 0 Å². The van der Waals surface area contributed by atoms with Crippen molar-refractivity contribution in [2.75, 3.05) is 33.0 Å². The Morgan fingerprint density at radius 2 is 0.682 bits per heavy atom. The molecule has 1 unspecified atom stereocenters. The summed E-state index contributed by atoms with van der Waals surface area (Å²) < 4.78 is 76.8. The average Bonchev–Trinajstić information content (AvgIpc) is 1.63. The molecule has 37 nitrogen and oxygen atoms in total. The molecule has 7 rings (SSSR count). The fourth-order valence-corrected chi connectivity index (χ4v) is 11.0. The predicted octanol–water partition coefficient (Wildman–Crippen LogP) is -13.8. The fraction of sp³-hybridized carbons (Fsp3) is 0.938. The molecule has 21 N–H and O–H groups in total. The van der Waals surface area contributed by atoms with E-state index in [0.717, 1.165) is 20.8 Å². The van der Waals surface area contributed by atoms with Gasteiger partial charge in [0.1, 0.15) is 159 Å². The number of rotatable bonds is 20. The van der Waals surface area contributed by atoms with Crippen molar-refractivity contribution >= 4 is 17.7 Å². The predicted molar refractivity (Wildman–Crippen MR) is 264 cm³/mol. The first-order chi connectivity index (χ1) is 40.1. The first kappa shape index (κ1) is 69.6. The van der Waals surface area contributed by atoms with E-state index < -0.39 is 266 Å². The van der Waals surface area contributed by atoms with Crippen molar-refractivity contribution in [2.24, 2.45) is 0 Å². The van der Waals surface area contributed by atoms with Gasteiger partial charge in [0.15, 0.2) is 44.0 Å². The lowest BCUT2D eigenvalue weighted by Gasteiger charge is -2.52. The van der Waals surface area contributed by atoms with E-state index in [1.165, 1.54) is 13.8 Å². The largest absolute Gasteiger partial charge is 0.394 e. The summed E-state index contributed by atoms with van der Waals surface area (Å²) >= 11 is 0. The van der Waals surface area contributed by atoms with Gasteiger partial charge in [-0.25, -0.2) is 0 Å². The van der Waals surface area contributed by atoms with Crippen LogP contribution < -0.4 is 16.0 Å². The summed E-state index contributed by atoms with van der Waals surface area (Å²) in [7, 11) is 0. The number of amides is 3. The van der Waals surface area contributed by atoms with Crippen molar-refractivity contribution < 1.29 is 168 Å². The van der Waals surface area contributed by atoms with Gasteiger partial charge < -0.3 is 169 Å². The molecule has 7 saturated heterocycles. The molecule has 0 aliphatic carbocycles. The van der Waals surface area contributed by atoms with Crippen LogP contribution in [0.4, 0.5) is 0 Å². The van der Waals surface area contributed by atoms with Crippen LogP contribution in [-0.2, 0) is 76.0 Å². The van der Waals surface area contributed by atoms with Gasteiger partial charge in [-0.05, 0) is 13.8 Å². The molecule has 7 aliphatic heterocycles. The number of ether oxygens (including phenoxy) is 13. The molecular weight excluding hydrogens is 1160 g/mol. The van der Waals surface area contributed by atoms with E-state index in [4.69, 9.17) is 61.6 Å². The lowest BCUT2D eigenvalue weighted by Crippen LogP contribution is -2.72. The van der Waals surface area contributed by atoms with Crippen LogP contribution in [0.25, 0.3) is 0 Å². The second-order valence-corrected chi connectivity index (χ2v) is 21.8. The van der Waals surface area contributed by atoms with Gasteiger partial charge in [0, 0.05) is 20.8 Å². The number of hydrogen-bond acceptors (Lipinski definition) is 34. The van der Waals surface area contributed by atoms with Crippen LogP contribution in [0.1, 0.15) is 34.6 Å². The van der Waals surface area contributed by atoms with Gasteiger partial charge in [0.05, 0.1) is 45.2 Å². The number of aliphatic hydroxyl groups is 18. The molecule has 7 fully saturated rings. The number of carbonyl (C=O) groups is 3. The molecule has 7 aliphatic rings. The molecular formula is C48H81N3O34. The van der Waals surface area contributed by atoms with E-state index >= 15 is 0 Å². The van der Waals surface area contributed by atoms with Gasteiger partial charge in [-0.15, -0.1) is 0 Å². The van der Waals surface area contributed by atoms with Crippen LogP contribution in [0.2, 0.25) is 0 Å². The van der Waals surface area contributed by atoms with E-state index in [1.807, 2.05) is 0 Å². The number of hydrogen-bond donors (Lipinski definition) is 21. The van der Waals surface area contributed by atoms with Crippen molar-refractivity contribution in [1.82, 2.24) is 16.0 Å². The first-order valence-electron chi connectivity index (χ1n) is 27.3. The highest BCUT2D eigenvalue weighted by Crippen LogP contribution is 2.38. The topological polar surface area (TPSA) is 571 Å². The molecule has 3 amide bonds. The van der Waals surface area contributed by atoms with E-state index in [2.05, 4.69) is 16.0 Å². The minimum Gasteiger partial charge on any atom is -0.394 e. The maximum atomic E-state index is 13.2. The van der Waals surface area contributed by atoms with E-state index in [9.17, 15) is 106 Å². The number of nitrogens with one attached hydrogen (secondary N) is 3. The van der Waals surface area contributed by atoms with Gasteiger partial charge in [-0.2, -0.15) is 0 Å². The Kier molecular flexibility index (Phi) is 24.5. The summed E-state index contributed by atoms with van der Waals surface area (Å²) in [5.74, 6) is -2.58. The minimum atomic E-state index is -2.13. The molecule has 0 radical (unpaired) electrons. The Bertz CT molecular complexity index is 2150. The Morgan fingerprint density at radius 3 is 1.19 bits per heavy atom. The van der Waals surface area contributed by atoms with Gasteiger partial charge in [0.25, 0.3) is 0 Å². The zero-order chi connectivity index (χ0) is 62.8. The van der Waals surface area contributed by atoms with Gasteiger partial charge in [-0.1, -0.05) is 0 Å². The summed E-state index contributed by atoms with van der Waals surface area (Å²) in [5, 5.41) is 202. The van der Waals surface area contributed by atoms with Crippen LogP contribution in [0, 0.1) is 0 Å². The molecule has 85 heavy (non-hydrogen) atoms. The molecule has 0 bridgehead atoms.